The molecule has 0 aromatic heterocycles. The second-order valence-electron chi connectivity index (χ2n) is 9.73. The number of hydrogen-bond donors (Lipinski definition) is 1. The molecule has 1 saturated heterocycles. The van der Waals surface area contributed by atoms with Gasteiger partial charge in [0.15, 0.2) is 0 Å². The average molecular weight is 478 g/mol. The molecule has 3 aromatic carbocycles. The molecule has 2 heterocycles. The third-order valence-corrected chi connectivity index (χ3v) is 8.14. The topological polar surface area (TPSA) is 41.9 Å². The quantitative estimate of drug-likeness (QED) is 0.548. The summed E-state index contributed by atoms with van der Waals surface area (Å²) in [6, 6.07) is 21.8. The van der Waals surface area contributed by atoms with E-state index in [4.69, 9.17) is 9.47 Å². The van der Waals surface area contributed by atoms with Gasteiger partial charge in [-0.25, -0.2) is 0 Å². The molecular weight excluding hydrogens is 446 g/mol. The largest absolute Gasteiger partial charge is 0.497 e. The molecule has 0 spiro atoms. The molecule has 1 fully saturated rings. The fourth-order valence-corrected chi connectivity index (χ4v) is 6.51. The Kier molecular flexibility index (Phi) is 6.09. The van der Waals surface area contributed by atoms with Gasteiger partial charge in [0, 0.05) is 43.1 Å². The number of hydrogen-bond acceptors (Lipinski definition) is 4. The summed E-state index contributed by atoms with van der Waals surface area (Å²) in [6.07, 6.45) is 3.54. The van der Waals surface area contributed by atoms with Crippen molar-refractivity contribution in [3.05, 3.63) is 94.0 Å². The van der Waals surface area contributed by atoms with Gasteiger partial charge < -0.3 is 14.6 Å². The molecule has 0 radical (unpaired) electrons. The second kappa shape index (κ2) is 8.92. The van der Waals surface area contributed by atoms with E-state index in [1.807, 2.05) is 18.2 Å². The van der Waals surface area contributed by atoms with Crippen molar-refractivity contribution >= 4 is 12.4 Å². The van der Waals surface area contributed by atoms with Crippen LogP contribution in [0.3, 0.4) is 0 Å². The summed E-state index contributed by atoms with van der Waals surface area (Å²) in [4.78, 5) is 2.60. The number of aliphatic hydroxyl groups is 1. The third kappa shape index (κ3) is 3.60. The molecule has 6 rings (SSSR count). The summed E-state index contributed by atoms with van der Waals surface area (Å²) in [5.74, 6) is 1.84. The van der Waals surface area contributed by atoms with Gasteiger partial charge in [-0.15, -0.1) is 12.4 Å². The molecule has 2 aliphatic heterocycles. The average Bonchev–Trinajstić information content (AvgIpc) is 3.02. The summed E-state index contributed by atoms with van der Waals surface area (Å²) in [5.41, 5.74) is 7.28. The maximum absolute atomic E-state index is 12.0. The van der Waals surface area contributed by atoms with Crippen molar-refractivity contribution in [1.29, 1.82) is 0 Å². The Morgan fingerprint density at radius 1 is 0.912 bits per heavy atom. The summed E-state index contributed by atoms with van der Waals surface area (Å²) in [5, 5.41) is 12.0. The van der Waals surface area contributed by atoms with Crippen molar-refractivity contribution in [3.8, 4) is 11.5 Å². The lowest BCUT2D eigenvalue weighted by molar-refractivity contribution is -0.0583. The fourth-order valence-electron chi connectivity index (χ4n) is 6.51. The number of benzene rings is 3. The van der Waals surface area contributed by atoms with Gasteiger partial charge in [0.2, 0.25) is 0 Å². The maximum Gasteiger partial charge on any atom is 0.128 e. The normalized spacial score (nSPS) is 25.1. The van der Waals surface area contributed by atoms with Crippen LogP contribution in [-0.4, -0.2) is 37.3 Å². The van der Waals surface area contributed by atoms with Crippen LogP contribution < -0.4 is 9.47 Å². The van der Waals surface area contributed by atoms with Crippen LogP contribution in [-0.2, 0) is 18.4 Å². The molecule has 0 amide bonds. The first-order valence-electron chi connectivity index (χ1n) is 12.0. The molecule has 34 heavy (non-hydrogen) atoms. The number of halogens is 1. The number of nitrogens with zero attached hydrogens (tertiary/aromatic N) is 1. The molecule has 5 heteroatoms. The van der Waals surface area contributed by atoms with Gasteiger partial charge in [0.1, 0.15) is 11.5 Å². The highest BCUT2D eigenvalue weighted by molar-refractivity contribution is 5.85. The summed E-state index contributed by atoms with van der Waals surface area (Å²) >= 11 is 0. The van der Waals surface area contributed by atoms with E-state index in [0.717, 1.165) is 37.2 Å². The molecule has 1 N–H and O–H groups in total. The monoisotopic (exact) mass is 477 g/mol. The van der Waals surface area contributed by atoms with Gasteiger partial charge in [-0.3, -0.25) is 4.90 Å². The van der Waals surface area contributed by atoms with E-state index in [2.05, 4.69) is 47.4 Å². The highest BCUT2D eigenvalue weighted by atomic mass is 35.5. The highest BCUT2D eigenvalue weighted by Crippen LogP contribution is 2.52. The van der Waals surface area contributed by atoms with Gasteiger partial charge in [-0.2, -0.15) is 0 Å². The number of ether oxygens (including phenoxy) is 2. The number of fused-ring (bicyclic) bond motifs is 4. The highest BCUT2D eigenvalue weighted by Gasteiger charge is 2.46. The van der Waals surface area contributed by atoms with Crippen LogP contribution in [0, 0.1) is 0 Å². The first-order valence-corrected chi connectivity index (χ1v) is 12.0. The predicted molar refractivity (Wildman–Crippen MR) is 136 cm³/mol. The fraction of sp³-hybridized carbons (Fsp3) is 0.379. The zero-order valence-electron chi connectivity index (χ0n) is 19.8. The summed E-state index contributed by atoms with van der Waals surface area (Å²) < 4.78 is 11.1. The van der Waals surface area contributed by atoms with E-state index in [-0.39, 0.29) is 18.4 Å². The molecule has 0 bridgehead atoms. The van der Waals surface area contributed by atoms with Crippen molar-refractivity contribution in [2.45, 2.75) is 43.2 Å². The van der Waals surface area contributed by atoms with Crippen LogP contribution in [0.2, 0.25) is 0 Å². The Balaban J connectivity index is 0.00000241. The van der Waals surface area contributed by atoms with E-state index >= 15 is 0 Å². The van der Waals surface area contributed by atoms with Crippen LogP contribution in [0.4, 0.5) is 0 Å². The van der Waals surface area contributed by atoms with Gasteiger partial charge in [-0.05, 0) is 59.2 Å². The lowest BCUT2D eigenvalue weighted by Gasteiger charge is -2.49. The van der Waals surface area contributed by atoms with E-state index in [1.165, 1.54) is 27.8 Å². The molecule has 3 aliphatic rings. The molecule has 1 aliphatic carbocycles. The van der Waals surface area contributed by atoms with Crippen LogP contribution in [0.25, 0.3) is 0 Å². The lowest BCUT2D eigenvalue weighted by Crippen LogP contribution is -2.48. The number of methoxy groups -OCH3 is 2. The van der Waals surface area contributed by atoms with Crippen molar-refractivity contribution in [1.82, 2.24) is 4.90 Å². The molecular formula is C29H32ClNO3. The maximum atomic E-state index is 12.0. The second-order valence-corrected chi connectivity index (χ2v) is 9.73. The first-order chi connectivity index (χ1) is 16.1. The SMILES string of the molecule is COc1ccc([C@@]2(O)CCN3C[C@@H]4c5ccccc5CCc5cccc(c54)[C@H]3C2)c(OC)c1.Cl. The Morgan fingerprint density at radius 3 is 2.50 bits per heavy atom. The van der Waals surface area contributed by atoms with E-state index < -0.39 is 5.60 Å². The standard InChI is InChI=1S/C29H31NO3.ClH/c1-32-21-12-13-25(27(16-21)33-2)29(31)14-15-30-18-24-22-8-4-3-6-19(22)10-11-20-7-5-9-23(28(20)24)26(30)17-29;/h3-9,12-13,16,24,26,31H,10-11,14-15,17-18H2,1-2H3;1H/t24-,26-,29-;/m1./s1. The molecule has 0 saturated carbocycles. The minimum atomic E-state index is -0.934. The van der Waals surface area contributed by atoms with Crippen LogP contribution in [0.5, 0.6) is 11.5 Å². The number of aryl methyl sites for hydroxylation is 2. The minimum Gasteiger partial charge on any atom is -0.497 e. The van der Waals surface area contributed by atoms with Crippen molar-refractivity contribution in [3.63, 3.8) is 0 Å². The van der Waals surface area contributed by atoms with Gasteiger partial charge in [-0.1, -0.05) is 42.5 Å². The molecule has 0 unspecified atom stereocenters. The van der Waals surface area contributed by atoms with Crippen LogP contribution >= 0.6 is 12.4 Å². The zero-order valence-corrected chi connectivity index (χ0v) is 20.6. The molecule has 4 nitrogen and oxygen atoms in total. The van der Waals surface area contributed by atoms with Crippen molar-refractivity contribution < 1.29 is 14.6 Å². The lowest BCUT2D eigenvalue weighted by atomic mass is 9.72. The van der Waals surface area contributed by atoms with E-state index in [1.54, 1.807) is 14.2 Å². The van der Waals surface area contributed by atoms with Gasteiger partial charge >= 0.3 is 0 Å². The summed E-state index contributed by atoms with van der Waals surface area (Å²) in [6.45, 7) is 1.88. The summed E-state index contributed by atoms with van der Waals surface area (Å²) in [7, 11) is 3.32. The van der Waals surface area contributed by atoms with E-state index in [0.29, 0.717) is 24.5 Å². The van der Waals surface area contributed by atoms with Crippen molar-refractivity contribution in [2.24, 2.45) is 0 Å². The molecule has 3 aromatic rings. The zero-order chi connectivity index (χ0) is 22.6. The number of piperidine rings is 1. The van der Waals surface area contributed by atoms with Gasteiger partial charge in [0.05, 0.1) is 19.8 Å². The molecule has 3 atom stereocenters. The Hall–Kier alpha value is -2.53. The van der Waals surface area contributed by atoms with E-state index in [9.17, 15) is 5.11 Å². The minimum absolute atomic E-state index is 0. The first kappa shape index (κ1) is 23.2. The van der Waals surface area contributed by atoms with Crippen LogP contribution in [0.15, 0.2) is 60.7 Å². The Morgan fingerprint density at radius 2 is 1.68 bits per heavy atom. The smallest absolute Gasteiger partial charge is 0.128 e. The van der Waals surface area contributed by atoms with Crippen molar-refractivity contribution in [2.75, 3.05) is 27.3 Å². The number of rotatable bonds is 3. The Labute approximate surface area is 207 Å². The molecule has 178 valence electrons. The van der Waals surface area contributed by atoms with Gasteiger partial charge in [0.25, 0.3) is 0 Å². The third-order valence-electron chi connectivity index (χ3n) is 8.14. The predicted octanol–water partition coefficient (Wildman–Crippen LogP) is 5.39. The Bertz CT molecular complexity index is 1210. The van der Waals surface area contributed by atoms with Crippen LogP contribution in [0.1, 0.15) is 58.2 Å².